The summed E-state index contributed by atoms with van der Waals surface area (Å²) in [6, 6.07) is 15.6. The van der Waals surface area contributed by atoms with Crippen LogP contribution in [0.25, 0.3) is 0 Å². The molecule has 36 heavy (non-hydrogen) atoms. The Kier molecular flexibility index (Phi) is 10.3. The fourth-order valence-corrected chi connectivity index (χ4v) is 5.24. The first kappa shape index (κ1) is 29.6. The number of benzene rings is 2. The van der Waals surface area contributed by atoms with Crippen LogP contribution in [0.15, 0.2) is 54.6 Å². The van der Waals surface area contributed by atoms with Crippen molar-refractivity contribution in [1.29, 1.82) is 0 Å². The minimum Gasteiger partial charge on any atom is -0.374 e. The lowest BCUT2D eigenvalue weighted by Gasteiger charge is -2.26. The van der Waals surface area contributed by atoms with E-state index in [1.165, 1.54) is 10.6 Å². The van der Waals surface area contributed by atoms with Gasteiger partial charge in [-0.05, 0) is 43.9 Å². The number of nitrogens with two attached hydrogens (primary N) is 1. The van der Waals surface area contributed by atoms with E-state index in [1.54, 1.807) is 19.9 Å². The third-order valence-electron chi connectivity index (χ3n) is 5.75. The highest BCUT2D eigenvalue weighted by Gasteiger charge is 2.35. The van der Waals surface area contributed by atoms with Gasteiger partial charge in [0.25, 0.3) is 0 Å². The number of nitrogens with zero attached hydrogens (tertiary/aromatic N) is 1. The summed E-state index contributed by atoms with van der Waals surface area (Å²) in [5.74, 6) is -0.896. The lowest BCUT2D eigenvalue weighted by Crippen LogP contribution is -2.57. The van der Waals surface area contributed by atoms with Crippen LogP contribution in [0, 0.1) is 0 Å². The number of fused-ring (bicyclic) bond motifs is 1. The summed E-state index contributed by atoms with van der Waals surface area (Å²) < 4.78 is 32.0. The normalized spacial score (nSPS) is 16.0. The quantitative estimate of drug-likeness (QED) is 0.399. The van der Waals surface area contributed by atoms with Crippen LogP contribution in [0.4, 0.5) is 5.69 Å². The summed E-state index contributed by atoms with van der Waals surface area (Å²) in [6.07, 6.45) is 2.17. The van der Waals surface area contributed by atoms with E-state index in [9.17, 15) is 18.0 Å². The number of nitrogens with one attached hydrogen (secondary N) is 2. The summed E-state index contributed by atoms with van der Waals surface area (Å²) in [7, 11) is -3.47. The van der Waals surface area contributed by atoms with E-state index in [4.69, 9.17) is 10.5 Å². The van der Waals surface area contributed by atoms with Crippen molar-refractivity contribution in [1.82, 2.24) is 10.6 Å². The van der Waals surface area contributed by atoms with E-state index in [2.05, 4.69) is 10.6 Å². The third kappa shape index (κ3) is 7.92. The molecule has 198 valence electrons. The zero-order valence-corrected chi connectivity index (χ0v) is 22.4. The van der Waals surface area contributed by atoms with E-state index in [0.29, 0.717) is 18.5 Å². The number of para-hydroxylation sites is 1. The van der Waals surface area contributed by atoms with Crippen LogP contribution in [0.1, 0.15) is 31.4 Å². The second kappa shape index (κ2) is 12.5. The summed E-state index contributed by atoms with van der Waals surface area (Å²) in [4.78, 5) is 25.4. The van der Waals surface area contributed by atoms with Gasteiger partial charge in [-0.1, -0.05) is 48.5 Å². The number of ether oxygens (including phenoxy) is 1. The first-order valence-corrected chi connectivity index (χ1v) is 13.4. The van der Waals surface area contributed by atoms with Crippen molar-refractivity contribution in [3.05, 3.63) is 65.7 Å². The lowest BCUT2D eigenvalue weighted by atomic mass is 10.1. The number of anilines is 1. The van der Waals surface area contributed by atoms with Gasteiger partial charge in [-0.3, -0.25) is 13.9 Å². The fraction of sp³-hybridized carbons (Fsp3) is 0.440. The van der Waals surface area contributed by atoms with Gasteiger partial charge >= 0.3 is 0 Å². The smallest absolute Gasteiger partial charge is 0.244 e. The zero-order valence-electron chi connectivity index (χ0n) is 20.8. The second-order valence-electron chi connectivity index (χ2n) is 9.37. The number of rotatable bonds is 11. The highest BCUT2D eigenvalue weighted by Crippen LogP contribution is 2.35. The van der Waals surface area contributed by atoms with E-state index in [1.807, 2.05) is 48.5 Å². The average molecular weight is 539 g/mol. The Bertz CT molecular complexity index is 1140. The second-order valence-corrected chi connectivity index (χ2v) is 11.2. The van der Waals surface area contributed by atoms with Gasteiger partial charge < -0.3 is 21.1 Å². The Hall–Kier alpha value is -2.66. The Morgan fingerprint density at radius 1 is 1.14 bits per heavy atom. The number of sulfonamides is 1. The average Bonchev–Trinajstić information content (AvgIpc) is 3.17. The molecule has 0 aromatic heterocycles. The molecule has 0 radical (unpaired) electrons. The van der Waals surface area contributed by atoms with Gasteiger partial charge in [0.1, 0.15) is 6.04 Å². The molecule has 4 N–H and O–H groups in total. The van der Waals surface area contributed by atoms with Gasteiger partial charge in [0.05, 0.1) is 36.7 Å². The molecular weight excluding hydrogens is 504 g/mol. The monoisotopic (exact) mass is 538 g/mol. The fourth-order valence-electron chi connectivity index (χ4n) is 3.98. The van der Waals surface area contributed by atoms with Crippen molar-refractivity contribution in [2.45, 2.75) is 50.9 Å². The largest absolute Gasteiger partial charge is 0.374 e. The van der Waals surface area contributed by atoms with Crippen LogP contribution in [0.5, 0.6) is 0 Å². The summed E-state index contributed by atoms with van der Waals surface area (Å²) in [6.45, 7) is 3.60. The van der Waals surface area contributed by atoms with E-state index < -0.39 is 33.4 Å². The van der Waals surface area contributed by atoms with Gasteiger partial charge in [0, 0.05) is 6.54 Å². The molecule has 0 saturated carbocycles. The lowest BCUT2D eigenvalue weighted by molar-refractivity contribution is -0.132. The van der Waals surface area contributed by atoms with Crippen LogP contribution in [0.2, 0.25) is 0 Å². The first-order valence-electron chi connectivity index (χ1n) is 11.5. The predicted molar refractivity (Wildman–Crippen MR) is 142 cm³/mol. The topological polar surface area (TPSA) is 131 Å². The molecule has 0 bridgehead atoms. The standard InChI is InChI=1S/C25H34N4O5S.ClH/c1-25(2,26)24(31)28-21(17-34-16-18-9-5-4-6-10-18)23(30)27-14-13-20-15-19-11-7-8-12-22(19)29(20)35(3,32)33;/h4-12,20-21H,13-17,26H2,1-3H3,(H,27,30)(H,28,31);1H/t20?,21-;/m1./s1. The molecule has 1 aliphatic rings. The molecule has 2 aromatic rings. The van der Waals surface area contributed by atoms with Gasteiger partial charge in [0.2, 0.25) is 21.8 Å². The molecule has 1 unspecified atom stereocenters. The van der Waals surface area contributed by atoms with Crippen molar-refractivity contribution in [3.63, 3.8) is 0 Å². The molecular formula is C25H35ClN4O5S. The van der Waals surface area contributed by atoms with E-state index in [-0.39, 0.29) is 38.2 Å². The number of halogens is 1. The minimum absolute atomic E-state index is 0. The number of carbonyl (C=O) groups is 2. The van der Waals surface area contributed by atoms with Crippen molar-refractivity contribution in [2.24, 2.45) is 5.73 Å². The van der Waals surface area contributed by atoms with Crippen molar-refractivity contribution in [3.8, 4) is 0 Å². The zero-order chi connectivity index (χ0) is 25.6. The van der Waals surface area contributed by atoms with Crippen molar-refractivity contribution in [2.75, 3.05) is 23.7 Å². The molecule has 3 rings (SSSR count). The van der Waals surface area contributed by atoms with Crippen molar-refractivity contribution < 1.29 is 22.7 Å². The number of amides is 2. The summed E-state index contributed by atoms with van der Waals surface area (Å²) in [5.41, 5.74) is 7.30. The Balaban J connectivity index is 0.00000456. The molecule has 1 heterocycles. The van der Waals surface area contributed by atoms with E-state index in [0.717, 1.165) is 11.1 Å². The molecule has 2 amide bonds. The van der Waals surface area contributed by atoms with Crippen LogP contribution >= 0.6 is 12.4 Å². The van der Waals surface area contributed by atoms with Gasteiger partial charge in [0.15, 0.2) is 0 Å². The summed E-state index contributed by atoms with van der Waals surface area (Å²) in [5, 5.41) is 5.48. The molecule has 0 saturated heterocycles. The van der Waals surface area contributed by atoms with Gasteiger partial charge in [-0.25, -0.2) is 8.42 Å². The van der Waals surface area contributed by atoms with Gasteiger partial charge in [-0.2, -0.15) is 0 Å². The molecule has 9 nitrogen and oxygen atoms in total. The Labute approximate surface area is 219 Å². The number of carbonyl (C=O) groups excluding carboxylic acids is 2. The van der Waals surface area contributed by atoms with Gasteiger partial charge in [-0.15, -0.1) is 12.4 Å². The third-order valence-corrected chi connectivity index (χ3v) is 6.96. The van der Waals surface area contributed by atoms with Crippen LogP contribution in [-0.2, 0) is 37.4 Å². The molecule has 1 aliphatic heterocycles. The Morgan fingerprint density at radius 3 is 2.42 bits per heavy atom. The summed E-state index contributed by atoms with van der Waals surface area (Å²) >= 11 is 0. The maximum Gasteiger partial charge on any atom is 0.244 e. The molecule has 0 spiro atoms. The molecule has 2 aromatic carbocycles. The molecule has 0 fully saturated rings. The maximum absolute atomic E-state index is 12.9. The molecule has 11 heteroatoms. The highest BCUT2D eigenvalue weighted by molar-refractivity contribution is 7.92. The van der Waals surface area contributed by atoms with Crippen LogP contribution in [0.3, 0.4) is 0 Å². The predicted octanol–water partition coefficient (Wildman–Crippen LogP) is 1.74. The van der Waals surface area contributed by atoms with Crippen molar-refractivity contribution >= 4 is 39.9 Å². The van der Waals surface area contributed by atoms with Crippen LogP contribution in [-0.4, -0.2) is 57.3 Å². The van der Waals surface area contributed by atoms with E-state index >= 15 is 0 Å². The van der Waals surface area contributed by atoms with Crippen LogP contribution < -0.4 is 20.7 Å². The minimum atomic E-state index is -3.47. The highest BCUT2D eigenvalue weighted by atomic mass is 35.5. The Morgan fingerprint density at radius 2 is 1.78 bits per heavy atom. The molecule has 0 aliphatic carbocycles. The maximum atomic E-state index is 12.9. The first-order chi connectivity index (χ1) is 16.5. The number of hydrogen-bond acceptors (Lipinski definition) is 6. The SMILES string of the molecule is CC(C)(N)C(=O)N[C@H](COCc1ccccc1)C(=O)NCCC1Cc2ccccc2N1S(C)(=O)=O.Cl. The molecule has 2 atom stereocenters. The number of hydrogen-bond donors (Lipinski definition) is 3.